The van der Waals surface area contributed by atoms with E-state index >= 15 is 0 Å². The van der Waals surface area contributed by atoms with Crippen molar-refractivity contribution in [2.45, 2.75) is 19.4 Å². The third kappa shape index (κ3) is 2.31. The molecule has 4 heteroatoms. The highest BCUT2D eigenvalue weighted by molar-refractivity contribution is 5.94. The van der Waals surface area contributed by atoms with E-state index < -0.39 is 5.82 Å². The van der Waals surface area contributed by atoms with Crippen molar-refractivity contribution in [1.29, 1.82) is 0 Å². The molecule has 0 saturated carbocycles. The number of rotatable bonds is 2. The number of ether oxygens (including phenoxy) is 1. The van der Waals surface area contributed by atoms with Crippen molar-refractivity contribution in [3.05, 3.63) is 35.1 Å². The van der Waals surface area contributed by atoms with Crippen LogP contribution in [-0.2, 0) is 4.74 Å². The molecule has 0 spiro atoms. The average molecular weight is 237 g/mol. The summed E-state index contributed by atoms with van der Waals surface area (Å²) in [5.74, 6) is -0.704. The molecule has 1 atom stereocenters. The molecule has 1 unspecified atom stereocenters. The average Bonchev–Trinajstić information content (AvgIpc) is 2.84. The van der Waals surface area contributed by atoms with Gasteiger partial charge in [-0.1, -0.05) is 12.1 Å². The van der Waals surface area contributed by atoms with Crippen molar-refractivity contribution in [2.75, 3.05) is 20.3 Å². The second-order valence-electron chi connectivity index (χ2n) is 4.37. The number of likely N-dealkylation sites (N-methyl/N-ethyl adjacent to an activating group) is 1. The molecule has 1 heterocycles. The Kier molecular flexibility index (Phi) is 3.43. The number of hydrogen-bond donors (Lipinski definition) is 0. The summed E-state index contributed by atoms with van der Waals surface area (Å²) in [4.78, 5) is 13.7. The van der Waals surface area contributed by atoms with Crippen molar-refractivity contribution in [3.63, 3.8) is 0 Å². The number of nitrogens with zero attached hydrogens (tertiary/aromatic N) is 1. The Morgan fingerprint density at radius 2 is 2.29 bits per heavy atom. The Labute approximate surface area is 100 Å². The van der Waals surface area contributed by atoms with Crippen LogP contribution in [0.5, 0.6) is 0 Å². The molecule has 1 aliphatic heterocycles. The summed E-state index contributed by atoms with van der Waals surface area (Å²) in [7, 11) is 1.70. The molecular formula is C13H16FNO2. The molecule has 92 valence electrons. The van der Waals surface area contributed by atoms with Gasteiger partial charge in [0.05, 0.1) is 18.2 Å². The summed E-state index contributed by atoms with van der Waals surface area (Å²) in [6.45, 7) is 2.86. The molecule has 0 radical (unpaired) electrons. The van der Waals surface area contributed by atoms with Gasteiger partial charge in [-0.2, -0.15) is 0 Å². The Bertz CT molecular complexity index is 427. The highest BCUT2D eigenvalue weighted by Crippen LogP contribution is 2.17. The van der Waals surface area contributed by atoms with E-state index in [1.807, 2.05) is 0 Å². The molecule has 17 heavy (non-hydrogen) atoms. The zero-order valence-corrected chi connectivity index (χ0v) is 10.1. The second-order valence-corrected chi connectivity index (χ2v) is 4.37. The highest BCUT2D eigenvalue weighted by Gasteiger charge is 2.26. The normalized spacial score (nSPS) is 19.4. The van der Waals surface area contributed by atoms with Crippen molar-refractivity contribution >= 4 is 5.91 Å². The number of benzene rings is 1. The number of carbonyl (C=O) groups excluding carboxylic acids is 1. The van der Waals surface area contributed by atoms with Crippen LogP contribution in [0.25, 0.3) is 0 Å². The molecule has 2 rings (SSSR count). The Morgan fingerprint density at radius 1 is 1.53 bits per heavy atom. The fraction of sp³-hybridized carbons (Fsp3) is 0.462. The number of hydrogen-bond acceptors (Lipinski definition) is 2. The van der Waals surface area contributed by atoms with E-state index in [9.17, 15) is 9.18 Å². The van der Waals surface area contributed by atoms with Crippen LogP contribution in [0.15, 0.2) is 18.2 Å². The van der Waals surface area contributed by atoms with Gasteiger partial charge in [-0.15, -0.1) is 0 Å². The zero-order valence-electron chi connectivity index (χ0n) is 10.1. The summed E-state index contributed by atoms with van der Waals surface area (Å²) in [6, 6.07) is 4.94. The maximum atomic E-state index is 13.8. The van der Waals surface area contributed by atoms with Gasteiger partial charge in [0.15, 0.2) is 0 Å². The second kappa shape index (κ2) is 4.84. The van der Waals surface area contributed by atoms with Gasteiger partial charge in [0.1, 0.15) is 5.82 Å². The van der Waals surface area contributed by atoms with Crippen LogP contribution in [0.2, 0.25) is 0 Å². The van der Waals surface area contributed by atoms with Crippen molar-refractivity contribution < 1.29 is 13.9 Å². The van der Waals surface area contributed by atoms with Crippen LogP contribution in [0, 0.1) is 12.7 Å². The Hall–Kier alpha value is -1.42. The van der Waals surface area contributed by atoms with Gasteiger partial charge in [0.2, 0.25) is 0 Å². The molecule has 0 aliphatic carbocycles. The zero-order chi connectivity index (χ0) is 12.4. The maximum absolute atomic E-state index is 13.8. The minimum Gasteiger partial charge on any atom is -0.379 e. The number of carbonyl (C=O) groups is 1. The number of aryl methyl sites for hydroxylation is 1. The van der Waals surface area contributed by atoms with E-state index in [1.165, 1.54) is 6.07 Å². The van der Waals surface area contributed by atoms with Crippen LogP contribution < -0.4 is 0 Å². The first-order chi connectivity index (χ1) is 8.11. The molecule has 1 saturated heterocycles. The first-order valence-corrected chi connectivity index (χ1v) is 5.71. The number of amides is 1. The van der Waals surface area contributed by atoms with E-state index in [0.29, 0.717) is 18.8 Å². The molecule has 1 aromatic rings. The molecule has 3 nitrogen and oxygen atoms in total. The van der Waals surface area contributed by atoms with E-state index in [2.05, 4.69) is 0 Å². The highest BCUT2D eigenvalue weighted by atomic mass is 19.1. The van der Waals surface area contributed by atoms with Crippen LogP contribution in [0.1, 0.15) is 22.3 Å². The SMILES string of the molecule is Cc1cccc(C(=O)N(C)C2CCOC2)c1F. The van der Waals surface area contributed by atoms with E-state index in [-0.39, 0.29) is 17.5 Å². The van der Waals surface area contributed by atoms with Crippen molar-refractivity contribution in [1.82, 2.24) is 4.90 Å². The lowest BCUT2D eigenvalue weighted by Crippen LogP contribution is -2.37. The summed E-state index contributed by atoms with van der Waals surface area (Å²) in [5.41, 5.74) is 0.631. The molecule has 1 fully saturated rings. The summed E-state index contributed by atoms with van der Waals surface area (Å²) >= 11 is 0. The smallest absolute Gasteiger partial charge is 0.256 e. The minimum atomic E-state index is -0.428. The fourth-order valence-electron chi connectivity index (χ4n) is 2.00. The molecule has 1 aliphatic rings. The first-order valence-electron chi connectivity index (χ1n) is 5.71. The first kappa shape index (κ1) is 12.0. The Morgan fingerprint density at radius 3 is 2.94 bits per heavy atom. The van der Waals surface area contributed by atoms with Gasteiger partial charge in [0, 0.05) is 13.7 Å². The summed E-state index contributed by atoms with van der Waals surface area (Å²) in [6.07, 6.45) is 0.815. The minimum absolute atomic E-state index is 0.0578. The molecule has 1 aromatic carbocycles. The largest absolute Gasteiger partial charge is 0.379 e. The van der Waals surface area contributed by atoms with Gasteiger partial charge in [-0.3, -0.25) is 4.79 Å². The van der Waals surface area contributed by atoms with E-state index in [0.717, 1.165) is 6.42 Å². The third-order valence-electron chi connectivity index (χ3n) is 3.20. The number of halogens is 1. The fourth-order valence-corrected chi connectivity index (χ4v) is 2.00. The lowest BCUT2D eigenvalue weighted by molar-refractivity contribution is 0.0706. The van der Waals surface area contributed by atoms with E-state index in [1.54, 1.807) is 31.0 Å². The molecule has 1 amide bonds. The topological polar surface area (TPSA) is 29.5 Å². The van der Waals surface area contributed by atoms with Gasteiger partial charge in [0.25, 0.3) is 5.91 Å². The van der Waals surface area contributed by atoms with Crippen LogP contribution in [0.4, 0.5) is 4.39 Å². The Balaban J connectivity index is 2.21. The van der Waals surface area contributed by atoms with Crippen LogP contribution in [-0.4, -0.2) is 37.1 Å². The summed E-state index contributed by atoms with van der Waals surface area (Å²) < 4.78 is 19.1. The quantitative estimate of drug-likeness (QED) is 0.787. The predicted molar refractivity (Wildman–Crippen MR) is 62.5 cm³/mol. The molecule has 0 N–H and O–H groups in total. The van der Waals surface area contributed by atoms with Gasteiger partial charge >= 0.3 is 0 Å². The van der Waals surface area contributed by atoms with Gasteiger partial charge < -0.3 is 9.64 Å². The molecule has 0 bridgehead atoms. The molecule has 0 aromatic heterocycles. The van der Waals surface area contributed by atoms with Gasteiger partial charge in [-0.25, -0.2) is 4.39 Å². The van der Waals surface area contributed by atoms with Crippen LogP contribution >= 0.6 is 0 Å². The lowest BCUT2D eigenvalue weighted by Gasteiger charge is -2.23. The van der Waals surface area contributed by atoms with Crippen molar-refractivity contribution in [3.8, 4) is 0 Å². The van der Waals surface area contributed by atoms with Gasteiger partial charge in [-0.05, 0) is 25.0 Å². The lowest BCUT2D eigenvalue weighted by atomic mass is 10.1. The van der Waals surface area contributed by atoms with E-state index in [4.69, 9.17) is 4.74 Å². The predicted octanol–water partition coefficient (Wildman–Crippen LogP) is 2.00. The monoisotopic (exact) mass is 237 g/mol. The third-order valence-corrected chi connectivity index (χ3v) is 3.20. The summed E-state index contributed by atoms with van der Waals surface area (Å²) in [5, 5.41) is 0. The standard InChI is InChI=1S/C13H16FNO2/c1-9-4-3-5-11(12(9)14)13(16)15(2)10-6-7-17-8-10/h3-5,10H,6-8H2,1-2H3. The molecular weight excluding hydrogens is 221 g/mol. The maximum Gasteiger partial charge on any atom is 0.256 e. The van der Waals surface area contributed by atoms with Crippen molar-refractivity contribution in [2.24, 2.45) is 0 Å². The van der Waals surface area contributed by atoms with Crippen LogP contribution in [0.3, 0.4) is 0 Å².